The molecule has 0 atom stereocenters. The van der Waals surface area contributed by atoms with Gasteiger partial charge in [-0.25, -0.2) is 0 Å². The predicted molar refractivity (Wildman–Crippen MR) is 116 cm³/mol. The number of ether oxygens (including phenoxy) is 2. The monoisotopic (exact) mass is 406 g/mol. The zero-order valence-electron chi connectivity index (χ0n) is 17.4. The van der Waals surface area contributed by atoms with E-state index < -0.39 is 11.8 Å². The molecule has 0 aromatic heterocycles. The molecule has 6 heteroatoms. The summed E-state index contributed by atoms with van der Waals surface area (Å²) in [4.78, 5) is 24.1. The van der Waals surface area contributed by atoms with Gasteiger partial charge in [-0.1, -0.05) is 75.4 Å². The summed E-state index contributed by atoms with van der Waals surface area (Å²) in [6.45, 7) is 5.79. The number of nitrogens with one attached hydrogen (secondary N) is 2. The minimum Gasteiger partial charge on any atom is -0.483 e. The Labute approximate surface area is 176 Å². The van der Waals surface area contributed by atoms with Gasteiger partial charge in [0.15, 0.2) is 13.2 Å². The van der Waals surface area contributed by atoms with Crippen LogP contribution >= 0.6 is 0 Å². The smallest absolute Gasteiger partial charge is 0.276 e. The number of carbonyl (C=O) groups is 2. The molecule has 0 spiro atoms. The second-order valence-corrected chi connectivity index (χ2v) is 7.90. The molecular formula is C24H26N2O4. The van der Waals surface area contributed by atoms with Crippen LogP contribution < -0.4 is 20.3 Å². The largest absolute Gasteiger partial charge is 0.483 e. The van der Waals surface area contributed by atoms with Crippen molar-refractivity contribution < 1.29 is 19.1 Å². The Kier molecular flexibility index (Phi) is 6.57. The highest BCUT2D eigenvalue weighted by molar-refractivity contribution is 5.89. The van der Waals surface area contributed by atoms with Crippen molar-refractivity contribution >= 4 is 22.6 Å². The molecule has 2 amide bonds. The van der Waals surface area contributed by atoms with E-state index in [4.69, 9.17) is 9.47 Å². The van der Waals surface area contributed by atoms with Gasteiger partial charge in [-0.05, 0) is 28.5 Å². The molecule has 156 valence electrons. The first-order valence-corrected chi connectivity index (χ1v) is 9.75. The molecule has 6 nitrogen and oxygen atoms in total. The SMILES string of the molecule is CC(C)(C)c1ccccc1OCC(=O)NNC(=O)COc1cccc2ccccc12. The van der Waals surface area contributed by atoms with Gasteiger partial charge >= 0.3 is 0 Å². The Morgan fingerprint density at radius 2 is 1.27 bits per heavy atom. The Balaban J connectivity index is 1.47. The van der Waals surface area contributed by atoms with E-state index in [0.29, 0.717) is 11.5 Å². The number of amides is 2. The van der Waals surface area contributed by atoms with E-state index in [2.05, 4.69) is 31.6 Å². The first-order valence-electron chi connectivity index (χ1n) is 9.75. The molecule has 0 bridgehead atoms. The fraction of sp³-hybridized carbons (Fsp3) is 0.250. The number of rotatable bonds is 6. The quantitative estimate of drug-likeness (QED) is 0.612. The third kappa shape index (κ3) is 5.50. The molecule has 2 N–H and O–H groups in total. The predicted octanol–water partition coefficient (Wildman–Crippen LogP) is 3.74. The van der Waals surface area contributed by atoms with Crippen LogP contribution in [0.25, 0.3) is 10.8 Å². The van der Waals surface area contributed by atoms with Crippen molar-refractivity contribution in [2.75, 3.05) is 13.2 Å². The van der Waals surface area contributed by atoms with E-state index >= 15 is 0 Å². The highest BCUT2D eigenvalue weighted by Gasteiger charge is 2.19. The third-order valence-electron chi connectivity index (χ3n) is 4.50. The summed E-state index contributed by atoms with van der Waals surface area (Å²) in [5.41, 5.74) is 5.57. The Bertz CT molecular complexity index is 1040. The van der Waals surface area contributed by atoms with Crippen molar-refractivity contribution in [3.63, 3.8) is 0 Å². The van der Waals surface area contributed by atoms with Crippen LogP contribution in [0.2, 0.25) is 0 Å². The average molecular weight is 406 g/mol. The molecule has 3 rings (SSSR count). The summed E-state index contributed by atoms with van der Waals surface area (Å²) in [5.74, 6) is 0.325. The second-order valence-electron chi connectivity index (χ2n) is 7.90. The summed E-state index contributed by atoms with van der Waals surface area (Å²) in [7, 11) is 0. The van der Waals surface area contributed by atoms with E-state index in [-0.39, 0.29) is 18.6 Å². The maximum Gasteiger partial charge on any atom is 0.276 e. The molecule has 30 heavy (non-hydrogen) atoms. The fourth-order valence-electron chi connectivity index (χ4n) is 3.03. The van der Waals surface area contributed by atoms with Gasteiger partial charge in [0.1, 0.15) is 11.5 Å². The van der Waals surface area contributed by atoms with E-state index in [9.17, 15) is 9.59 Å². The first-order chi connectivity index (χ1) is 14.3. The molecule has 3 aromatic carbocycles. The zero-order valence-corrected chi connectivity index (χ0v) is 17.4. The molecule has 0 heterocycles. The summed E-state index contributed by atoms with van der Waals surface area (Å²) >= 11 is 0. The van der Waals surface area contributed by atoms with Crippen molar-refractivity contribution in [2.24, 2.45) is 0 Å². The van der Waals surface area contributed by atoms with Crippen LogP contribution in [0.5, 0.6) is 11.5 Å². The van der Waals surface area contributed by atoms with Gasteiger partial charge in [0.25, 0.3) is 11.8 Å². The number of carbonyl (C=O) groups excluding carboxylic acids is 2. The van der Waals surface area contributed by atoms with Gasteiger partial charge < -0.3 is 9.47 Å². The molecule has 0 unspecified atom stereocenters. The average Bonchev–Trinajstić information content (AvgIpc) is 2.74. The molecule has 0 saturated carbocycles. The number of hydrazine groups is 1. The Morgan fingerprint density at radius 1 is 0.733 bits per heavy atom. The first kappa shape index (κ1) is 21.2. The number of benzene rings is 3. The van der Waals surface area contributed by atoms with Gasteiger partial charge in [0.2, 0.25) is 0 Å². The minimum atomic E-state index is -0.466. The normalized spacial score (nSPS) is 11.0. The molecule has 0 fully saturated rings. The van der Waals surface area contributed by atoms with Crippen LogP contribution in [-0.4, -0.2) is 25.0 Å². The molecular weight excluding hydrogens is 380 g/mol. The summed E-state index contributed by atoms with van der Waals surface area (Å²) < 4.78 is 11.2. The van der Waals surface area contributed by atoms with Crippen LogP contribution in [0.1, 0.15) is 26.3 Å². The van der Waals surface area contributed by atoms with Crippen LogP contribution in [0, 0.1) is 0 Å². The number of para-hydroxylation sites is 1. The van der Waals surface area contributed by atoms with Gasteiger partial charge in [-0.3, -0.25) is 20.4 Å². The second kappa shape index (κ2) is 9.31. The maximum atomic E-state index is 12.0. The van der Waals surface area contributed by atoms with E-state index in [0.717, 1.165) is 16.3 Å². The van der Waals surface area contributed by atoms with Crippen molar-refractivity contribution in [3.8, 4) is 11.5 Å². The molecule has 0 aliphatic heterocycles. The van der Waals surface area contributed by atoms with Gasteiger partial charge in [-0.15, -0.1) is 0 Å². The number of fused-ring (bicyclic) bond motifs is 1. The lowest BCUT2D eigenvalue weighted by atomic mass is 9.86. The Morgan fingerprint density at radius 3 is 1.97 bits per heavy atom. The molecule has 0 radical (unpaired) electrons. The van der Waals surface area contributed by atoms with Crippen LogP contribution in [0.4, 0.5) is 0 Å². The zero-order chi connectivity index (χ0) is 21.6. The molecule has 3 aromatic rings. The van der Waals surface area contributed by atoms with Gasteiger partial charge in [-0.2, -0.15) is 0 Å². The third-order valence-corrected chi connectivity index (χ3v) is 4.50. The van der Waals surface area contributed by atoms with Crippen molar-refractivity contribution in [1.82, 2.24) is 10.9 Å². The van der Waals surface area contributed by atoms with Crippen LogP contribution in [0.3, 0.4) is 0 Å². The van der Waals surface area contributed by atoms with Gasteiger partial charge in [0, 0.05) is 5.39 Å². The van der Waals surface area contributed by atoms with Gasteiger partial charge in [0.05, 0.1) is 0 Å². The molecule has 0 saturated heterocycles. The topological polar surface area (TPSA) is 76.7 Å². The van der Waals surface area contributed by atoms with Crippen LogP contribution in [-0.2, 0) is 15.0 Å². The highest BCUT2D eigenvalue weighted by atomic mass is 16.5. The molecule has 0 aliphatic carbocycles. The lowest BCUT2D eigenvalue weighted by molar-refractivity contribution is -0.131. The lowest BCUT2D eigenvalue weighted by Crippen LogP contribution is -2.45. The lowest BCUT2D eigenvalue weighted by Gasteiger charge is -2.22. The standard InChI is InChI=1S/C24H26N2O4/c1-24(2,3)19-12-6-7-13-21(19)30-16-23(28)26-25-22(27)15-29-20-14-8-10-17-9-4-5-11-18(17)20/h4-14H,15-16H2,1-3H3,(H,25,27)(H,26,28). The Hall–Kier alpha value is -3.54. The fourth-order valence-corrected chi connectivity index (χ4v) is 3.03. The maximum absolute atomic E-state index is 12.0. The van der Waals surface area contributed by atoms with Crippen molar-refractivity contribution in [3.05, 3.63) is 72.3 Å². The van der Waals surface area contributed by atoms with Crippen LogP contribution in [0.15, 0.2) is 66.7 Å². The summed E-state index contributed by atoms with van der Waals surface area (Å²) in [5, 5.41) is 1.94. The van der Waals surface area contributed by atoms with Crippen molar-refractivity contribution in [2.45, 2.75) is 26.2 Å². The van der Waals surface area contributed by atoms with Crippen molar-refractivity contribution in [1.29, 1.82) is 0 Å². The van der Waals surface area contributed by atoms with E-state index in [1.165, 1.54) is 0 Å². The molecule has 0 aliphatic rings. The highest BCUT2D eigenvalue weighted by Crippen LogP contribution is 2.30. The minimum absolute atomic E-state index is 0.111. The summed E-state index contributed by atoms with van der Waals surface area (Å²) in [6.07, 6.45) is 0. The summed E-state index contributed by atoms with van der Waals surface area (Å²) in [6, 6.07) is 21.0. The van der Waals surface area contributed by atoms with E-state index in [1.54, 1.807) is 6.07 Å². The number of hydrogen-bond donors (Lipinski definition) is 2. The number of hydrogen-bond acceptors (Lipinski definition) is 4. The van der Waals surface area contributed by atoms with E-state index in [1.807, 2.05) is 60.7 Å².